The summed E-state index contributed by atoms with van der Waals surface area (Å²) in [4.78, 5) is 28.3. The molecule has 5 rings (SSSR count). The van der Waals surface area contributed by atoms with Crippen molar-refractivity contribution in [3.63, 3.8) is 0 Å². The Bertz CT molecular complexity index is 1410. The van der Waals surface area contributed by atoms with E-state index < -0.39 is 0 Å². The average molecular weight is 477 g/mol. The molecule has 35 heavy (non-hydrogen) atoms. The molecular formula is C26H29FN6O2. The topological polar surface area (TPSA) is 84.5 Å². The number of hydrogen-bond donors (Lipinski definition) is 1. The Morgan fingerprint density at radius 1 is 1.14 bits per heavy atom. The molecule has 0 aliphatic carbocycles. The molecule has 3 heterocycles. The van der Waals surface area contributed by atoms with Crippen LogP contribution in [0.3, 0.4) is 0 Å². The van der Waals surface area contributed by atoms with Crippen molar-refractivity contribution in [2.75, 3.05) is 19.6 Å². The van der Waals surface area contributed by atoms with E-state index in [2.05, 4.69) is 27.3 Å². The van der Waals surface area contributed by atoms with E-state index in [0.717, 1.165) is 25.1 Å². The fourth-order valence-electron chi connectivity index (χ4n) is 4.98. The fourth-order valence-corrected chi connectivity index (χ4v) is 4.98. The lowest BCUT2D eigenvalue weighted by molar-refractivity contribution is -0.121. The summed E-state index contributed by atoms with van der Waals surface area (Å²) in [5.74, 6) is 0.671. The summed E-state index contributed by atoms with van der Waals surface area (Å²) in [6.07, 6.45) is 2.96. The van der Waals surface area contributed by atoms with Crippen molar-refractivity contribution < 1.29 is 9.18 Å². The van der Waals surface area contributed by atoms with Gasteiger partial charge in [0.2, 0.25) is 11.7 Å². The molecule has 9 heteroatoms. The predicted octanol–water partition coefficient (Wildman–Crippen LogP) is 2.76. The van der Waals surface area contributed by atoms with Crippen molar-refractivity contribution in [3.05, 3.63) is 76.1 Å². The van der Waals surface area contributed by atoms with Gasteiger partial charge in [0, 0.05) is 25.4 Å². The molecule has 1 aliphatic rings. The summed E-state index contributed by atoms with van der Waals surface area (Å²) in [5, 5.41) is 12.3. The van der Waals surface area contributed by atoms with Gasteiger partial charge in [0.1, 0.15) is 11.6 Å². The zero-order valence-corrected chi connectivity index (χ0v) is 19.8. The number of carbonyl (C=O) groups is 1. The molecule has 1 fully saturated rings. The number of aromatic nitrogens is 4. The molecule has 1 aliphatic heterocycles. The minimum Gasteiger partial charge on any atom is -0.355 e. The maximum atomic E-state index is 13.4. The maximum Gasteiger partial charge on any atom is 0.263 e. The number of amides is 1. The number of hydrogen-bond acceptors (Lipinski definition) is 5. The molecular weight excluding hydrogens is 447 g/mol. The highest BCUT2D eigenvalue weighted by Gasteiger charge is 2.23. The second kappa shape index (κ2) is 9.95. The Morgan fingerprint density at radius 2 is 1.94 bits per heavy atom. The van der Waals surface area contributed by atoms with Crippen LogP contribution in [-0.2, 0) is 17.8 Å². The van der Waals surface area contributed by atoms with Gasteiger partial charge in [0.25, 0.3) is 5.56 Å². The lowest BCUT2D eigenvalue weighted by Gasteiger charge is -2.22. The van der Waals surface area contributed by atoms with Crippen LogP contribution in [0.1, 0.15) is 37.6 Å². The van der Waals surface area contributed by atoms with Crippen molar-refractivity contribution in [3.8, 4) is 0 Å². The predicted molar refractivity (Wildman–Crippen MR) is 132 cm³/mol. The second-order valence-electron chi connectivity index (χ2n) is 9.02. The third kappa shape index (κ3) is 4.68. The minimum absolute atomic E-state index is 0.0198. The van der Waals surface area contributed by atoms with Gasteiger partial charge in [-0.2, -0.15) is 0 Å². The van der Waals surface area contributed by atoms with Crippen LogP contribution >= 0.6 is 0 Å². The monoisotopic (exact) mass is 476 g/mol. The Labute approximate surface area is 202 Å². The minimum atomic E-state index is -0.330. The lowest BCUT2D eigenvalue weighted by atomic mass is 10.2. The first-order valence-electron chi connectivity index (χ1n) is 12.2. The summed E-state index contributed by atoms with van der Waals surface area (Å²) in [7, 11) is 0. The van der Waals surface area contributed by atoms with Crippen LogP contribution in [0, 0.1) is 5.82 Å². The van der Waals surface area contributed by atoms with E-state index in [9.17, 15) is 14.0 Å². The van der Waals surface area contributed by atoms with Gasteiger partial charge < -0.3 is 5.32 Å². The molecule has 1 amide bonds. The zero-order valence-electron chi connectivity index (χ0n) is 19.8. The van der Waals surface area contributed by atoms with Crippen molar-refractivity contribution in [1.29, 1.82) is 0 Å². The molecule has 4 aromatic rings. The van der Waals surface area contributed by atoms with Crippen LogP contribution in [-0.4, -0.2) is 55.6 Å². The number of rotatable bonds is 8. The van der Waals surface area contributed by atoms with Crippen molar-refractivity contribution >= 4 is 22.6 Å². The SMILES string of the molecule is CCN1CCC[C@H]1CNC(=O)CCc1nnc2n(Cc3ccc(F)cc3)c(=O)c3ccccc3n12. The highest BCUT2D eigenvalue weighted by Crippen LogP contribution is 2.18. The smallest absolute Gasteiger partial charge is 0.263 e. The number of carbonyl (C=O) groups excluding carboxylic acids is 1. The van der Waals surface area contributed by atoms with Gasteiger partial charge in [-0.1, -0.05) is 31.2 Å². The molecule has 2 aromatic heterocycles. The number of likely N-dealkylation sites (N-methyl/N-ethyl adjacent to an activating group) is 1. The van der Waals surface area contributed by atoms with Crippen LogP contribution < -0.4 is 10.9 Å². The molecule has 1 atom stereocenters. The Kier molecular flexibility index (Phi) is 6.59. The molecule has 2 aromatic carbocycles. The average Bonchev–Trinajstić information content (AvgIpc) is 3.52. The highest BCUT2D eigenvalue weighted by atomic mass is 19.1. The maximum absolute atomic E-state index is 13.4. The Morgan fingerprint density at radius 3 is 2.74 bits per heavy atom. The standard InChI is InChI=1S/C26H29FN6O2/c1-2-31-15-5-6-20(31)16-28-24(34)14-13-23-29-30-26-32(17-18-9-11-19(27)12-10-18)25(35)21-7-3-4-8-22(21)33(23)26/h3-4,7-12,20H,2,5-6,13-17H2,1H3,(H,28,34)/t20-/m0/s1. The molecule has 0 saturated carbocycles. The lowest BCUT2D eigenvalue weighted by Crippen LogP contribution is -2.40. The van der Waals surface area contributed by atoms with E-state index in [0.29, 0.717) is 41.5 Å². The van der Waals surface area contributed by atoms with Gasteiger partial charge in [-0.15, -0.1) is 10.2 Å². The zero-order chi connectivity index (χ0) is 24.4. The number of aryl methyl sites for hydroxylation is 1. The largest absolute Gasteiger partial charge is 0.355 e. The van der Waals surface area contributed by atoms with E-state index in [1.807, 2.05) is 22.6 Å². The fraction of sp³-hybridized carbons (Fsp3) is 0.385. The van der Waals surface area contributed by atoms with Crippen LogP contribution in [0.5, 0.6) is 0 Å². The molecule has 182 valence electrons. The number of nitrogens with zero attached hydrogens (tertiary/aromatic N) is 5. The van der Waals surface area contributed by atoms with E-state index in [4.69, 9.17) is 0 Å². The van der Waals surface area contributed by atoms with Gasteiger partial charge in [-0.25, -0.2) is 4.39 Å². The molecule has 0 unspecified atom stereocenters. The molecule has 1 saturated heterocycles. The van der Waals surface area contributed by atoms with Gasteiger partial charge >= 0.3 is 0 Å². The summed E-state index contributed by atoms with van der Waals surface area (Å²) in [6.45, 7) is 5.14. The number of para-hydroxylation sites is 1. The number of halogens is 1. The Hall–Kier alpha value is -3.59. The van der Waals surface area contributed by atoms with E-state index in [1.165, 1.54) is 18.6 Å². The Balaban J connectivity index is 1.40. The summed E-state index contributed by atoms with van der Waals surface area (Å²) < 4.78 is 16.8. The van der Waals surface area contributed by atoms with E-state index in [1.54, 1.807) is 22.8 Å². The first-order valence-corrected chi connectivity index (χ1v) is 12.2. The van der Waals surface area contributed by atoms with Gasteiger partial charge in [-0.3, -0.25) is 23.5 Å². The summed E-state index contributed by atoms with van der Waals surface area (Å²) in [6, 6.07) is 13.8. The number of likely N-dealkylation sites (tertiary alicyclic amines) is 1. The molecule has 0 bridgehead atoms. The van der Waals surface area contributed by atoms with Gasteiger partial charge in [-0.05, 0) is 55.8 Å². The highest BCUT2D eigenvalue weighted by molar-refractivity contribution is 5.80. The summed E-state index contributed by atoms with van der Waals surface area (Å²) >= 11 is 0. The second-order valence-corrected chi connectivity index (χ2v) is 9.02. The van der Waals surface area contributed by atoms with Crippen LogP contribution in [0.25, 0.3) is 16.7 Å². The molecule has 8 nitrogen and oxygen atoms in total. The van der Waals surface area contributed by atoms with Gasteiger partial charge in [0.15, 0.2) is 0 Å². The van der Waals surface area contributed by atoms with Crippen molar-refractivity contribution in [2.24, 2.45) is 0 Å². The van der Waals surface area contributed by atoms with Crippen molar-refractivity contribution in [2.45, 2.75) is 45.2 Å². The van der Waals surface area contributed by atoms with E-state index >= 15 is 0 Å². The molecule has 0 spiro atoms. The molecule has 1 N–H and O–H groups in total. The van der Waals surface area contributed by atoms with Gasteiger partial charge in [0.05, 0.1) is 17.4 Å². The third-order valence-electron chi connectivity index (χ3n) is 6.84. The molecule has 0 radical (unpaired) electrons. The number of nitrogens with one attached hydrogen (secondary N) is 1. The van der Waals surface area contributed by atoms with Crippen LogP contribution in [0.15, 0.2) is 53.3 Å². The quantitative estimate of drug-likeness (QED) is 0.423. The number of benzene rings is 2. The first-order chi connectivity index (χ1) is 17.0. The third-order valence-corrected chi connectivity index (χ3v) is 6.84. The van der Waals surface area contributed by atoms with Crippen LogP contribution in [0.4, 0.5) is 4.39 Å². The first kappa shape index (κ1) is 23.2. The van der Waals surface area contributed by atoms with E-state index in [-0.39, 0.29) is 30.2 Å². The summed E-state index contributed by atoms with van der Waals surface area (Å²) in [5.41, 5.74) is 1.29. The van der Waals surface area contributed by atoms with Crippen LogP contribution in [0.2, 0.25) is 0 Å². The number of fused-ring (bicyclic) bond motifs is 3. The normalized spacial score (nSPS) is 16.3. The van der Waals surface area contributed by atoms with Crippen molar-refractivity contribution in [1.82, 2.24) is 29.4 Å².